The first kappa shape index (κ1) is 22.3. The van der Waals surface area contributed by atoms with Gasteiger partial charge in [0.25, 0.3) is 10.9 Å². The Balaban J connectivity index is 1.53. The number of carbonyl (C=O) groups excluding carboxylic acids is 1. The molecule has 170 valence electrons. The molecule has 0 unspecified atom stereocenters. The zero-order valence-electron chi connectivity index (χ0n) is 18.3. The van der Waals surface area contributed by atoms with Gasteiger partial charge >= 0.3 is 0 Å². The van der Waals surface area contributed by atoms with Crippen molar-refractivity contribution >= 4 is 23.2 Å². The standard InChI is InChI=1S/C28H18N2O4S/c31-26(20-12-6-2-7-13-20)22-16-17-24(23(18-22)30(32)33)35-28-29-25(19-10-4-1-5-11-19)27(34-28)21-14-8-3-9-15-21/h1-18H. The van der Waals surface area contributed by atoms with Gasteiger partial charge in [0, 0.05) is 28.3 Å². The normalized spacial score (nSPS) is 10.7. The molecule has 0 saturated carbocycles. The average Bonchev–Trinajstić information content (AvgIpc) is 3.34. The zero-order chi connectivity index (χ0) is 24.2. The van der Waals surface area contributed by atoms with Crippen molar-refractivity contribution < 1.29 is 14.1 Å². The minimum Gasteiger partial charge on any atom is -0.430 e. The highest BCUT2D eigenvalue weighted by atomic mass is 32.2. The number of benzene rings is 4. The summed E-state index contributed by atoms with van der Waals surface area (Å²) in [5.74, 6) is 0.303. The second-order valence-corrected chi connectivity index (χ2v) is 8.62. The van der Waals surface area contributed by atoms with Crippen LogP contribution < -0.4 is 0 Å². The predicted molar refractivity (Wildman–Crippen MR) is 134 cm³/mol. The van der Waals surface area contributed by atoms with Crippen LogP contribution in [0.4, 0.5) is 5.69 Å². The molecule has 0 aliphatic carbocycles. The van der Waals surface area contributed by atoms with Crippen molar-refractivity contribution in [2.24, 2.45) is 0 Å². The average molecular weight is 479 g/mol. The topological polar surface area (TPSA) is 86.2 Å². The Hall–Kier alpha value is -4.49. The van der Waals surface area contributed by atoms with Crippen LogP contribution in [0.25, 0.3) is 22.6 Å². The minimum absolute atomic E-state index is 0.183. The Morgan fingerprint density at radius 3 is 2.00 bits per heavy atom. The van der Waals surface area contributed by atoms with Crippen molar-refractivity contribution in [3.05, 3.63) is 130 Å². The molecule has 0 spiro atoms. The molecule has 7 heteroatoms. The molecule has 0 amide bonds. The van der Waals surface area contributed by atoms with Gasteiger partial charge in [0.1, 0.15) is 5.69 Å². The van der Waals surface area contributed by atoms with Gasteiger partial charge in [-0.15, -0.1) is 0 Å². The van der Waals surface area contributed by atoms with Gasteiger partial charge in [0.05, 0.1) is 9.82 Å². The molecule has 0 N–H and O–H groups in total. The highest BCUT2D eigenvalue weighted by Crippen LogP contribution is 2.40. The largest absolute Gasteiger partial charge is 0.430 e. The molecular weight excluding hydrogens is 460 g/mol. The summed E-state index contributed by atoms with van der Waals surface area (Å²) >= 11 is 1.05. The third-order valence-corrected chi connectivity index (χ3v) is 6.26. The molecule has 5 rings (SSSR count). The first-order valence-corrected chi connectivity index (χ1v) is 11.6. The van der Waals surface area contributed by atoms with E-state index in [2.05, 4.69) is 4.98 Å². The molecule has 0 aliphatic heterocycles. The molecule has 6 nitrogen and oxygen atoms in total. The number of nitro groups is 1. The second-order valence-electron chi connectivity index (χ2n) is 7.63. The van der Waals surface area contributed by atoms with E-state index in [4.69, 9.17) is 4.42 Å². The van der Waals surface area contributed by atoms with E-state index in [1.165, 1.54) is 6.07 Å². The Morgan fingerprint density at radius 1 is 0.771 bits per heavy atom. The summed E-state index contributed by atoms with van der Waals surface area (Å²) < 4.78 is 6.10. The molecule has 1 aromatic heterocycles. The number of nitro benzene ring substituents is 1. The van der Waals surface area contributed by atoms with Gasteiger partial charge in [0.15, 0.2) is 11.5 Å². The van der Waals surface area contributed by atoms with E-state index in [-0.39, 0.29) is 22.3 Å². The summed E-state index contributed by atoms with van der Waals surface area (Å²) in [6.07, 6.45) is 0. The van der Waals surface area contributed by atoms with E-state index < -0.39 is 4.92 Å². The Morgan fingerprint density at radius 2 is 1.37 bits per heavy atom. The summed E-state index contributed by atoms with van der Waals surface area (Å²) in [4.78, 5) is 29.2. The molecule has 35 heavy (non-hydrogen) atoms. The fourth-order valence-electron chi connectivity index (χ4n) is 3.66. The van der Waals surface area contributed by atoms with E-state index in [1.807, 2.05) is 66.7 Å². The third kappa shape index (κ3) is 4.76. The first-order chi connectivity index (χ1) is 17.1. The smallest absolute Gasteiger partial charge is 0.284 e. The first-order valence-electron chi connectivity index (χ1n) is 10.8. The molecule has 0 fully saturated rings. The van der Waals surface area contributed by atoms with Crippen LogP contribution in [-0.4, -0.2) is 15.7 Å². The van der Waals surface area contributed by atoms with Crippen molar-refractivity contribution in [1.82, 2.24) is 4.98 Å². The van der Waals surface area contributed by atoms with Crippen molar-refractivity contribution in [2.45, 2.75) is 10.1 Å². The molecular formula is C28H18N2O4S. The fourth-order valence-corrected chi connectivity index (χ4v) is 4.48. The monoisotopic (exact) mass is 478 g/mol. The molecule has 0 atom stereocenters. The Kier molecular flexibility index (Phi) is 6.24. The van der Waals surface area contributed by atoms with Crippen LogP contribution in [0.15, 0.2) is 124 Å². The number of hydrogen-bond acceptors (Lipinski definition) is 6. The summed E-state index contributed by atoms with van der Waals surface area (Å²) in [6.45, 7) is 0. The van der Waals surface area contributed by atoms with Gasteiger partial charge < -0.3 is 4.42 Å². The zero-order valence-corrected chi connectivity index (χ0v) is 19.1. The Bertz CT molecular complexity index is 1440. The Labute approximate surface area is 205 Å². The van der Waals surface area contributed by atoms with Crippen LogP contribution in [0.3, 0.4) is 0 Å². The number of nitrogens with zero attached hydrogens (tertiary/aromatic N) is 2. The van der Waals surface area contributed by atoms with Gasteiger partial charge in [-0.3, -0.25) is 14.9 Å². The van der Waals surface area contributed by atoms with Crippen molar-refractivity contribution in [3.63, 3.8) is 0 Å². The number of aromatic nitrogens is 1. The van der Waals surface area contributed by atoms with Crippen molar-refractivity contribution in [3.8, 4) is 22.6 Å². The van der Waals surface area contributed by atoms with E-state index in [1.54, 1.807) is 36.4 Å². The van der Waals surface area contributed by atoms with Crippen LogP contribution in [0, 0.1) is 10.1 Å². The van der Waals surface area contributed by atoms with E-state index in [0.29, 0.717) is 21.9 Å². The number of carbonyl (C=O) groups is 1. The van der Waals surface area contributed by atoms with Gasteiger partial charge in [-0.1, -0.05) is 91.0 Å². The lowest BCUT2D eigenvalue weighted by molar-refractivity contribution is -0.387. The molecule has 0 saturated heterocycles. The summed E-state index contributed by atoms with van der Waals surface area (Å²) in [5.41, 5.74) is 2.91. The second kappa shape index (κ2) is 9.79. The third-order valence-electron chi connectivity index (χ3n) is 5.34. The van der Waals surface area contributed by atoms with Gasteiger partial charge in [-0.2, -0.15) is 0 Å². The summed E-state index contributed by atoms with van der Waals surface area (Å²) in [7, 11) is 0. The molecule has 5 aromatic rings. The van der Waals surface area contributed by atoms with Crippen molar-refractivity contribution in [2.75, 3.05) is 0 Å². The lowest BCUT2D eigenvalue weighted by Crippen LogP contribution is -2.02. The SMILES string of the molecule is O=C(c1ccccc1)c1ccc(Sc2nc(-c3ccccc3)c(-c3ccccc3)o2)c([N+](=O)[O-])c1. The number of oxazole rings is 1. The minimum atomic E-state index is -0.497. The van der Waals surface area contributed by atoms with Gasteiger partial charge in [-0.05, 0) is 23.9 Å². The molecule has 0 radical (unpaired) electrons. The quantitative estimate of drug-likeness (QED) is 0.139. The van der Waals surface area contributed by atoms with Crippen LogP contribution >= 0.6 is 11.8 Å². The van der Waals surface area contributed by atoms with Crippen LogP contribution in [0.1, 0.15) is 15.9 Å². The van der Waals surface area contributed by atoms with Gasteiger partial charge in [0.2, 0.25) is 0 Å². The maximum atomic E-state index is 12.8. The number of ketones is 1. The highest BCUT2D eigenvalue weighted by Gasteiger charge is 2.23. The lowest BCUT2D eigenvalue weighted by atomic mass is 10.0. The van der Waals surface area contributed by atoms with E-state index in [9.17, 15) is 14.9 Å². The summed E-state index contributed by atoms with van der Waals surface area (Å²) in [5, 5.41) is 12.1. The van der Waals surface area contributed by atoms with E-state index >= 15 is 0 Å². The predicted octanol–water partition coefficient (Wildman–Crippen LogP) is 7.30. The summed E-state index contributed by atoms with van der Waals surface area (Å²) in [6, 6.07) is 32.3. The maximum Gasteiger partial charge on any atom is 0.284 e. The molecule has 1 heterocycles. The molecule has 0 bridgehead atoms. The maximum absolute atomic E-state index is 12.8. The molecule has 4 aromatic carbocycles. The van der Waals surface area contributed by atoms with Crippen LogP contribution in [0.5, 0.6) is 0 Å². The molecule has 0 aliphatic rings. The number of hydrogen-bond donors (Lipinski definition) is 0. The van der Waals surface area contributed by atoms with Crippen LogP contribution in [0.2, 0.25) is 0 Å². The van der Waals surface area contributed by atoms with Crippen LogP contribution in [-0.2, 0) is 0 Å². The lowest BCUT2D eigenvalue weighted by Gasteiger charge is -2.04. The highest BCUT2D eigenvalue weighted by molar-refractivity contribution is 7.99. The number of rotatable bonds is 7. The van der Waals surface area contributed by atoms with Crippen molar-refractivity contribution in [1.29, 1.82) is 0 Å². The fraction of sp³-hybridized carbons (Fsp3) is 0. The van der Waals surface area contributed by atoms with E-state index in [0.717, 1.165) is 22.9 Å². The van der Waals surface area contributed by atoms with Gasteiger partial charge in [-0.25, -0.2) is 4.98 Å².